The fraction of sp³-hybridized carbons (Fsp3) is 0.538. The first-order valence-electron chi connectivity index (χ1n) is 5.70. The fourth-order valence-electron chi connectivity index (χ4n) is 1.61. The molecule has 0 aliphatic rings. The summed E-state index contributed by atoms with van der Waals surface area (Å²) in [5.74, 6) is 0. The molecule has 0 saturated heterocycles. The Morgan fingerprint density at radius 1 is 1.40 bits per heavy atom. The van der Waals surface area contributed by atoms with Crippen LogP contribution < -0.4 is 5.32 Å². The maximum absolute atomic E-state index is 3.54. The molecule has 1 atom stereocenters. The van der Waals surface area contributed by atoms with Crippen LogP contribution in [0.15, 0.2) is 28.7 Å². The molecule has 0 bridgehead atoms. The molecule has 1 nitrogen and oxygen atoms in total. The highest BCUT2D eigenvalue weighted by Gasteiger charge is 2.02. The van der Waals surface area contributed by atoms with Gasteiger partial charge in [-0.3, -0.25) is 0 Å². The zero-order chi connectivity index (χ0) is 11.1. The van der Waals surface area contributed by atoms with Crippen molar-refractivity contribution in [3.63, 3.8) is 0 Å². The number of unbranched alkanes of at least 4 members (excludes halogenated alkanes) is 1. The van der Waals surface area contributed by atoms with Gasteiger partial charge in [0.2, 0.25) is 0 Å². The molecular weight excluding hydrogens is 250 g/mol. The minimum absolute atomic E-state index is 0.561. The first-order chi connectivity index (χ1) is 7.22. The minimum atomic E-state index is 0.561. The molecule has 0 aliphatic heterocycles. The lowest BCUT2D eigenvalue weighted by molar-refractivity contribution is 0.531. The van der Waals surface area contributed by atoms with Gasteiger partial charge in [0.05, 0.1) is 0 Å². The molecule has 0 spiro atoms. The van der Waals surface area contributed by atoms with Gasteiger partial charge in [-0.25, -0.2) is 0 Å². The largest absolute Gasteiger partial charge is 0.314 e. The molecule has 2 heteroatoms. The van der Waals surface area contributed by atoms with Crippen LogP contribution in [0, 0.1) is 0 Å². The van der Waals surface area contributed by atoms with Crippen LogP contribution in [-0.2, 0) is 6.42 Å². The smallest absolute Gasteiger partial charge is 0.0178 e. The molecule has 0 amide bonds. The van der Waals surface area contributed by atoms with Crippen molar-refractivity contribution in [3.05, 3.63) is 34.3 Å². The normalized spacial score (nSPS) is 12.7. The van der Waals surface area contributed by atoms with Crippen LogP contribution in [-0.4, -0.2) is 12.6 Å². The van der Waals surface area contributed by atoms with Crippen LogP contribution in [0.2, 0.25) is 0 Å². The summed E-state index contributed by atoms with van der Waals surface area (Å²) in [6.45, 7) is 5.60. The lowest BCUT2D eigenvalue weighted by atomic mass is 10.1. The van der Waals surface area contributed by atoms with Gasteiger partial charge in [0, 0.05) is 10.5 Å². The Hall–Kier alpha value is -0.340. The van der Waals surface area contributed by atoms with E-state index in [0.29, 0.717) is 6.04 Å². The molecule has 0 fully saturated rings. The van der Waals surface area contributed by atoms with Gasteiger partial charge >= 0.3 is 0 Å². The van der Waals surface area contributed by atoms with Crippen molar-refractivity contribution < 1.29 is 0 Å². The molecule has 1 unspecified atom stereocenters. The van der Waals surface area contributed by atoms with E-state index in [4.69, 9.17) is 0 Å². The molecule has 0 aliphatic carbocycles. The van der Waals surface area contributed by atoms with E-state index in [1.165, 1.54) is 22.9 Å². The Kier molecular flexibility index (Phi) is 5.96. The summed E-state index contributed by atoms with van der Waals surface area (Å²) in [4.78, 5) is 0. The number of halogens is 1. The van der Waals surface area contributed by atoms with Gasteiger partial charge in [0.15, 0.2) is 0 Å². The first kappa shape index (κ1) is 12.7. The number of nitrogens with one attached hydrogen (secondary N) is 1. The molecule has 0 saturated carbocycles. The van der Waals surface area contributed by atoms with Crippen LogP contribution in [0.25, 0.3) is 0 Å². The second-order valence-electron chi connectivity index (χ2n) is 4.04. The minimum Gasteiger partial charge on any atom is -0.314 e. The van der Waals surface area contributed by atoms with Gasteiger partial charge in [0.25, 0.3) is 0 Å². The van der Waals surface area contributed by atoms with E-state index in [1.54, 1.807) is 0 Å². The summed E-state index contributed by atoms with van der Waals surface area (Å²) in [5.41, 5.74) is 1.39. The van der Waals surface area contributed by atoms with Gasteiger partial charge in [-0.2, -0.15) is 0 Å². The van der Waals surface area contributed by atoms with Crippen molar-refractivity contribution in [1.29, 1.82) is 0 Å². The lowest BCUT2D eigenvalue weighted by Gasteiger charge is -2.13. The predicted octanol–water partition coefficient (Wildman–Crippen LogP) is 3.77. The van der Waals surface area contributed by atoms with Crippen LogP contribution in [0.5, 0.6) is 0 Å². The average Bonchev–Trinajstić information content (AvgIpc) is 2.18. The summed E-state index contributed by atoms with van der Waals surface area (Å²) in [5, 5.41) is 3.54. The van der Waals surface area contributed by atoms with Crippen LogP contribution in [0.4, 0.5) is 0 Å². The van der Waals surface area contributed by atoms with E-state index < -0.39 is 0 Å². The topological polar surface area (TPSA) is 12.0 Å². The number of hydrogen-bond donors (Lipinski definition) is 1. The van der Waals surface area contributed by atoms with E-state index in [0.717, 1.165) is 13.0 Å². The standard InChI is InChI=1S/C13H20BrN/c1-3-4-8-15-11(2)9-12-6-5-7-13(14)10-12/h5-7,10-11,15H,3-4,8-9H2,1-2H3. The molecule has 1 aromatic rings. The highest BCUT2D eigenvalue weighted by molar-refractivity contribution is 9.10. The molecule has 15 heavy (non-hydrogen) atoms. The van der Waals surface area contributed by atoms with E-state index in [9.17, 15) is 0 Å². The quantitative estimate of drug-likeness (QED) is 0.776. The van der Waals surface area contributed by atoms with Crippen molar-refractivity contribution in [2.75, 3.05) is 6.54 Å². The zero-order valence-corrected chi connectivity index (χ0v) is 11.2. The molecule has 0 radical (unpaired) electrons. The van der Waals surface area contributed by atoms with E-state index in [1.807, 2.05) is 0 Å². The third-order valence-corrected chi connectivity index (χ3v) is 2.95. The molecule has 1 aromatic carbocycles. The fourth-order valence-corrected chi connectivity index (χ4v) is 2.06. The third kappa shape index (κ3) is 5.33. The molecule has 1 rings (SSSR count). The number of benzene rings is 1. The Morgan fingerprint density at radius 2 is 2.20 bits per heavy atom. The number of rotatable bonds is 6. The second kappa shape index (κ2) is 7.02. The van der Waals surface area contributed by atoms with Gasteiger partial charge < -0.3 is 5.32 Å². The van der Waals surface area contributed by atoms with Gasteiger partial charge in [-0.05, 0) is 44.0 Å². The SMILES string of the molecule is CCCCNC(C)Cc1cccc(Br)c1. The highest BCUT2D eigenvalue weighted by atomic mass is 79.9. The molecular formula is C13H20BrN. The highest BCUT2D eigenvalue weighted by Crippen LogP contribution is 2.12. The summed E-state index contributed by atoms with van der Waals surface area (Å²) >= 11 is 3.50. The first-order valence-corrected chi connectivity index (χ1v) is 6.49. The maximum atomic E-state index is 3.54. The summed E-state index contributed by atoms with van der Waals surface area (Å²) in [6, 6.07) is 9.10. The Morgan fingerprint density at radius 3 is 2.87 bits per heavy atom. The van der Waals surface area contributed by atoms with Gasteiger partial charge in [-0.15, -0.1) is 0 Å². The van der Waals surface area contributed by atoms with Crippen molar-refractivity contribution in [2.45, 2.75) is 39.2 Å². The van der Waals surface area contributed by atoms with E-state index in [-0.39, 0.29) is 0 Å². The summed E-state index contributed by atoms with van der Waals surface area (Å²) < 4.78 is 1.17. The summed E-state index contributed by atoms with van der Waals surface area (Å²) in [7, 11) is 0. The molecule has 1 N–H and O–H groups in total. The number of hydrogen-bond acceptors (Lipinski definition) is 1. The molecule has 84 valence electrons. The predicted molar refractivity (Wildman–Crippen MR) is 70.2 cm³/mol. The third-order valence-electron chi connectivity index (χ3n) is 2.45. The molecule has 0 aromatic heterocycles. The second-order valence-corrected chi connectivity index (χ2v) is 4.96. The monoisotopic (exact) mass is 269 g/mol. The Balaban J connectivity index is 2.34. The summed E-state index contributed by atoms with van der Waals surface area (Å²) in [6.07, 6.45) is 3.63. The van der Waals surface area contributed by atoms with E-state index >= 15 is 0 Å². The van der Waals surface area contributed by atoms with E-state index in [2.05, 4.69) is 59.4 Å². The van der Waals surface area contributed by atoms with Crippen molar-refractivity contribution in [3.8, 4) is 0 Å². The van der Waals surface area contributed by atoms with Crippen LogP contribution in [0.1, 0.15) is 32.3 Å². The van der Waals surface area contributed by atoms with Gasteiger partial charge in [-0.1, -0.05) is 41.4 Å². The maximum Gasteiger partial charge on any atom is 0.0178 e. The average molecular weight is 270 g/mol. The van der Waals surface area contributed by atoms with Crippen molar-refractivity contribution in [1.82, 2.24) is 5.32 Å². The molecule has 0 heterocycles. The van der Waals surface area contributed by atoms with Crippen LogP contribution in [0.3, 0.4) is 0 Å². The lowest BCUT2D eigenvalue weighted by Crippen LogP contribution is -2.28. The van der Waals surface area contributed by atoms with Crippen molar-refractivity contribution in [2.24, 2.45) is 0 Å². The van der Waals surface area contributed by atoms with Crippen LogP contribution >= 0.6 is 15.9 Å². The van der Waals surface area contributed by atoms with Gasteiger partial charge in [0.1, 0.15) is 0 Å². The Bertz CT molecular complexity index is 286. The zero-order valence-electron chi connectivity index (χ0n) is 9.59. The Labute approximate surface area is 101 Å². The van der Waals surface area contributed by atoms with Crippen molar-refractivity contribution >= 4 is 15.9 Å².